The molecule has 3 rings (SSSR count). The topological polar surface area (TPSA) is 51.1 Å². The van der Waals surface area contributed by atoms with Crippen molar-refractivity contribution in [3.05, 3.63) is 23.0 Å². The Balaban J connectivity index is 1.85. The summed E-state index contributed by atoms with van der Waals surface area (Å²) in [5.41, 5.74) is 3.01. The molecular weight excluding hydrogens is 244 g/mol. The molecule has 0 spiro atoms. The van der Waals surface area contributed by atoms with Gasteiger partial charge in [-0.05, 0) is 30.9 Å². The minimum Gasteiger partial charge on any atom is -0.407 e. The van der Waals surface area contributed by atoms with Gasteiger partial charge in [-0.2, -0.15) is 0 Å². The number of hydrogen-bond acceptors (Lipinski definition) is 5. The molecule has 0 aromatic rings. The standard InChI is InChI=1S/C14H18N2O3/c1-10-15-12(14(17)19-10)9-11-3-2-4-13(11)16-5-7-18-8-6-16/h9H,2-8H2,1H3/b12-9-. The maximum Gasteiger partial charge on any atom is 0.363 e. The van der Waals surface area contributed by atoms with Crippen LogP contribution in [0.2, 0.25) is 0 Å². The van der Waals surface area contributed by atoms with E-state index in [-0.39, 0.29) is 5.97 Å². The van der Waals surface area contributed by atoms with Gasteiger partial charge in [-0.15, -0.1) is 0 Å². The highest BCUT2D eigenvalue weighted by Crippen LogP contribution is 2.31. The average Bonchev–Trinajstić information content (AvgIpc) is 2.98. The molecule has 5 heteroatoms. The van der Waals surface area contributed by atoms with Crippen molar-refractivity contribution < 1.29 is 14.3 Å². The van der Waals surface area contributed by atoms with Crippen molar-refractivity contribution in [1.29, 1.82) is 0 Å². The molecule has 102 valence electrons. The van der Waals surface area contributed by atoms with E-state index in [9.17, 15) is 4.79 Å². The number of carbonyl (C=O) groups excluding carboxylic acids is 1. The molecule has 3 aliphatic rings. The van der Waals surface area contributed by atoms with Crippen molar-refractivity contribution in [3.8, 4) is 0 Å². The van der Waals surface area contributed by atoms with Crippen LogP contribution in [-0.2, 0) is 14.3 Å². The van der Waals surface area contributed by atoms with Gasteiger partial charge in [0.25, 0.3) is 0 Å². The second-order valence-electron chi connectivity index (χ2n) is 4.97. The van der Waals surface area contributed by atoms with Crippen LogP contribution in [0.4, 0.5) is 0 Å². The summed E-state index contributed by atoms with van der Waals surface area (Å²) in [7, 11) is 0. The van der Waals surface area contributed by atoms with E-state index in [1.165, 1.54) is 11.3 Å². The van der Waals surface area contributed by atoms with Crippen molar-refractivity contribution in [3.63, 3.8) is 0 Å². The smallest absolute Gasteiger partial charge is 0.363 e. The summed E-state index contributed by atoms with van der Waals surface area (Å²) in [6, 6.07) is 0. The average molecular weight is 262 g/mol. The Kier molecular flexibility index (Phi) is 3.38. The molecule has 0 atom stereocenters. The third-order valence-electron chi connectivity index (χ3n) is 3.66. The Morgan fingerprint density at radius 3 is 2.74 bits per heavy atom. The second-order valence-corrected chi connectivity index (χ2v) is 4.97. The van der Waals surface area contributed by atoms with Crippen molar-refractivity contribution in [2.24, 2.45) is 4.99 Å². The number of cyclic esters (lactones) is 1. The molecule has 19 heavy (non-hydrogen) atoms. The molecule has 0 N–H and O–H groups in total. The van der Waals surface area contributed by atoms with E-state index in [0.29, 0.717) is 11.6 Å². The predicted octanol–water partition coefficient (Wildman–Crippen LogP) is 1.62. The summed E-state index contributed by atoms with van der Waals surface area (Å²) < 4.78 is 10.3. The number of allylic oxidation sites excluding steroid dienone is 3. The van der Waals surface area contributed by atoms with Crippen LogP contribution in [0.15, 0.2) is 28.0 Å². The maximum absolute atomic E-state index is 11.6. The fourth-order valence-corrected chi connectivity index (χ4v) is 2.78. The monoisotopic (exact) mass is 262 g/mol. The molecule has 0 radical (unpaired) electrons. The number of esters is 1. The van der Waals surface area contributed by atoms with Crippen molar-refractivity contribution in [2.45, 2.75) is 26.2 Å². The molecule has 1 saturated heterocycles. The first kappa shape index (κ1) is 12.4. The number of morpholine rings is 1. The zero-order chi connectivity index (χ0) is 13.2. The summed E-state index contributed by atoms with van der Waals surface area (Å²) in [5, 5.41) is 0. The predicted molar refractivity (Wildman–Crippen MR) is 70.6 cm³/mol. The molecule has 0 unspecified atom stereocenters. The summed E-state index contributed by atoms with van der Waals surface area (Å²) >= 11 is 0. The highest BCUT2D eigenvalue weighted by Gasteiger charge is 2.24. The largest absolute Gasteiger partial charge is 0.407 e. The van der Waals surface area contributed by atoms with E-state index in [1.807, 2.05) is 6.08 Å². The maximum atomic E-state index is 11.6. The van der Waals surface area contributed by atoms with Gasteiger partial charge >= 0.3 is 5.97 Å². The first-order chi connectivity index (χ1) is 9.24. The number of nitrogens with zero attached hydrogens (tertiary/aromatic N) is 2. The Hall–Kier alpha value is -1.62. The molecule has 0 saturated carbocycles. The van der Waals surface area contributed by atoms with Gasteiger partial charge in [0.2, 0.25) is 0 Å². The number of ether oxygens (including phenoxy) is 2. The minimum atomic E-state index is -0.335. The van der Waals surface area contributed by atoms with E-state index in [0.717, 1.165) is 45.6 Å². The van der Waals surface area contributed by atoms with Gasteiger partial charge in [-0.1, -0.05) is 0 Å². The molecule has 0 aromatic carbocycles. The van der Waals surface area contributed by atoms with Crippen LogP contribution >= 0.6 is 0 Å². The lowest BCUT2D eigenvalue weighted by Crippen LogP contribution is -2.35. The SMILES string of the molecule is CC1=N/C(=C\C2=C(N3CCOCC3)CCC2)C(=O)O1. The fourth-order valence-electron chi connectivity index (χ4n) is 2.78. The molecule has 0 amide bonds. The summed E-state index contributed by atoms with van der Waals surface area (Å²) in [4.78, 5) is 18.1. The molecule has 0 bridgehead atoms. The van der Waals surface area contributed by atoms with Gasteiger partial charge in [-0.25, -0.2) is 9.79 Å². The molecule has 0 aromatic heterocycles. The molecule has 2 heterocycles. The summed E-state index contributed by atoms with van der Waals surface area (Å²) in [6.45, 7) is 5.15. The van der Waals surface area contributed by atoms with Crippen LogP contribution in [0.1, 0.15) is 26.2 Å². The van der Waals surface area contributed by atoms with Crippen molar-refractivity contribution >= 4 is 11.9 Å². The van der Waals surface area contributed by atoms with Gasteiger partial charge in [-0.3, -0.25) is 0 Å². The van der Waals surface area contributed by atoms with Crippen LogP contribution in [0.5, 0.6) is 0 Å². The summed E-state index contributed by atoms with van der Waals surface area (Å²) in [5.74, 6) is 0.0981. The number of aliphatic imine (C=N–C) groups is 1. The number of rotatable bonds is 2. The minimum absolute atomic E-state index is 0.335. The first-order valence-corrected chi connectivity index (χ1v) is 6.78. The van der Waals surface area contributed by atoms with E-state index < -0.39 is 0 Å². The van der Waals surface area contributed by atoms with Gasteiger partial charge in [0.05, 0.1) is 13.2 Å². The fraction of sp³-hybridized carbons (Fsp3) is 0.571. The summed E-state index contributed by atoms with van der Waals surface area (Å²) in [6.07, 6.45) is 5.13. The zero-order valence-electron chi connectivity index (χ0n) is 11.1. The third kappa shape index (κ3) is 2.56. The molecule has 1 aliphatic carbocycles. The van der Waals surface area contributed by atoms with Crippen molar-refractivity contribution in [1.82, 2.24) is 4.90 Å². The molecule has 5 nitrogen and oxygen atoms in total. The van der Waals surface area contributed by atoms with Crippen LogP contribution in [-0.4, -0.2) is 43.1 Å². The van der Waals surface area contributed by atoms with Crippen LogP contribution < -0.4 is 0 Å². The highest BCUT2D eigenvalue weighted by molar-refractivity contribution is 6.04. The first-order valence-electron chi connectivity index (χ1n) is 6.78. The Labute approximate surface area is 112 Å². The normalized spacial score (nSPS) is 26.2. The van der Waals surface area contributed by atoms with Gasteiger partial charge in [0.1, 0.15) is 0 Å². The lowest BCUT2D eigenvalue weighted by Gasteiger charge is -2.30. The van der Waals surface area contributed by atoms with Crippen LogP contribution in [0.25, 0.3) is 0 Å². The van der Waals surface area contributed by atoms with Gasteiger partial charge < -0.3 is 14.4 Å². The molecule has 1 fully saturated rings. The van der Waals surface area contributed by atoms with E-state index in [2.05, 4.69) is 9.89 Å². The number of carbonyl (C=O) groups is 1. The van der Waals surface area contributed by atoms with E-state index in [1.54, 1.807) is 6.92 Å². The lowest BCUT2D eigenvalue weighted by atomic mass is 10.1. The Morgan fingerprint density at radius 1 is 1.26 bits per heavy atom. The van der Waals surface area contributed by atoms with E-state index >= 15 is 0 Å². The Bertz CT molecular complexity index is 485. The third-order valence-corrected chi connectivity index (χ3v) is 3.66. The second kappa shape index (κ2) is 5.17. The molecular formula is C14H18N2O3. The number of hydrogen-bond donors (Lipinski definition) is 0. The quantitative estimate of drug-likeness (QED) is 0.560. The van der Waals surface area contributed by atoms with Gasteiger partial charge in [0, 0.05) is 25.7 Å². The molecule has 2 aliphatic heterocycles. The lowest BCUT2D eigenvalue weighted by molar-refractivity contribution is -0.130. The van der Waals surface area contributed by atoms with Crippen molar-refractivity contribution in [2.75, 3.05) is 26.3 Å². The Morgan fingerprint density at radius 2 is 2.05 bits per heavy atom. The van der Waals surface area contributed by atoms with Gasteiger partial charge in [0.15, 0.2) is 11.6 Å². The highest BCUT2D eigenvalue weighted by atomic mass is 16.6. The van der Waals surface area contributed by atoms with Crippen LogP contribution in [0, 0.1) is 0 Å². The van der Waals surface area contributed by atoms with E-state index in [4.69, 9.17) is 9.47 Å². The van der Waals surface area contributed by atoms with Crippen LogP contribution in [0.3, 0.4) is 0 Å². The zero-order valence-corrected chi connectivity index (χ0v) is 11.1.